The zero-order valence-corrected chi connectivity index (χ0v) is 7.20. The Bertz CT molecular complexity index is 445. The van der Waals surface area contributed by atoms with Gasteiger partial charge in [-0.2, -0.15) is 0 Å². The molecule has 3 heteroatoms. The van der Waals surface area contributed by atoms with Gasteiger partial charge in [0.15, 0.2) is 5.88 Å². The quantitative estimate of drug-likeness (QED) is 0.709. The lowest BCUT2D eigenvalue weighted by Crippen LogP contribution is -1.80. The fourth-order valence-corrected chi connectivity index (χ4v) is 1.30. The van der Waals surface area contributed by atoms with E-state index in [1.807, 2.05) is 12.1 Å². The number of fused-ring (bicyclic) bond motifs is 1. The van der Waals surface area contributed by atoms with Crippen LogP contribution in [0.3, 0.4) is 0 Å². The van der Waals surface area contributed by atoms with Gasteiger partial charge in [0.05, 0.1) is 7.11 Å². The molecular weight excluding hydrogens is 166 g/mol. The molecule has 3 nitrogen and oxygen atoms in total. The highest BCUT2D eigenvalue weighted by Crippen LogP contribution is 2.20. The largest absolute Gasteiger partial charge is 0.482 e. The van der Waals surface area contributed by atoms with E-state index >= 15 is 0 Å². The summed E-state index contributed by atoms with van der Waals surface area (Å²) in [5.41, 5.74) is 1.58. The summed E-state index contributed by atoms with van der Waals surface area (Å²) in [6.07, 6.45) is 0.826. The van der Waals surface area contributed by atoms with E-state index in [0.717, 1.165) is 17.2 Å². The second kappa shape index (κ2) is 2.94. The molecule has 13 heavy (non-hydrogen) atoms. The number of aromatic nitrogens is 1. The molecule has 0 unspecified atom stereocenters. The molecule has 0 spiro atoms. The summed E-state index contributed by atoms with van der Waals surface area (Å²) in [6.45, 7) is 0. The molecule has 0 radical (unpaired) electrons. The third-order valence-electron chi connectivity index (χ3n) is 1.98. The molecule has 0 bridgehead atoms. The number of hydrogen-bond donors (Lipinski definition) is 1. The van der Waals surface area contributed by atoms with Crippen LogP contribution in [0.15, 0.2) is 24.3 Å². The first kappa shape index (κ1) is 7.86. The predicted octanol–water partition coefficient (Wildman–Crippen LogP) is 1.99. The zero-order valence-electron chi connectivity index (χ0n) is 7.20. The molecule has 0 aliphatic carbocycles. The van der Waals surface area contributed by atoms with Crippen molar-refractivity contribution in [1.29, 1.82) is 0 Å². The minimum atomic E-state index is 0.664. The summed E-state index contributed by atoms with van der Waals surface area (Å²) in [5.74, 6) is 0.707. The van der Waals surface area contributed by atoms with Crippen LogP contribution in [0.1, 0.15) is 10.4 Å². The zero-order chi connectivity index (χ0) is 9.26. The number of nitrogens with one attached hydrogen (secondary N) is 1. The number of aromatic amines is 1. The molecule has 2 aromatic rings. The van der Waals surface area contributed by atoms with Crippen molar-refractivity contribution in [3.8, 4) is 5.88 Å². The van der Waals surface area contributed by atoms with Crippen molar-refractivity contribution in [2.75, 3.05) is 7.11 Å². The molecule has 2 rings (SSSR count). The molecule has 1 heterocycles. The van der Waals surface area contributed by atoms with Crippen molar-refractivity contribution >= 4 is 17.2 Å². The van der Waals surface area contributed by atoms with Crippen molar-refractivity contribution in [2.24, 2.45) is 0 Å². The van der Waals surface area contributed by atoms with E-state index in [-0.39, 0.29) is 0 Å². The summed E-state index contributed by atoms with van der Waals surface area (Å²) in [5, 5.41) is 1.04. The van der Waals surface area contributed by atoms with E-state index < -0.39 is 0 Å². The molecule has 0 fully saturated rings. The van der Waals surface area contributed by atoms with Crippen LogP contribution in [0.4, 0.5) is 0 Å². The number of H-pyrrole nitrogens is 1. The molecular formula is C10H9NO2. The Labute approximate surface area is 75.3 Å². The van der Waals surface area contributed by atoms with Crippen molar-refractivity contribution in [3.63, 3.8) is 0 Å². The minimum Gasteiger partial charge on any atom is -0.482 e. The molecule has 0 atom stereocenters. The number of methoxy groups -OCH3 is 1. The lowest BCUT2D eigenvalue weighted by Gasteiger charge is -1.90. The highest BCUT2D eigenvalue weighted by atomic mass is 16.5. The lowest BCUT2D eigenvalue weighted by atomic mass is 10.2. The van der Waals surface area contributed by atoms with Gasteiger partial charge in [0, 0.05) is 22.5 Å². The monoisotopic (exact) mass is 175 g/mol. The number of aldehydes is 1. The van der Waals surface area contributed by atoms with Gasteiger partial charge >= 0.3 is 0 Å². The maximum Gasteiger partial charge on any atom is 0.191 e. The highest BCUT2D eigenvalue weighted by molar-refractivity contribution is 5.87. The average Bonchev–Trinajstić information content (AvgIpc) is 2.58. The summed E-state index contributed by atoms with van der Waals surface area (Å²) in [6, 6.07) is 7.36. The van der Waals surface area contributed by atoms with E-state index in [1.54, 1.807) is 19.2 Å². The fourth-order valence-electron chi connectivity index (χ4n) is 1.30. The van der Waals surface area contributed by atoms with Crippen molar-refractivity contribution < 1.29 is 9.53 Å². The summed E-state index contributed by atoms with van der Waals surface area (Å²) in [4.78, 5) is 13.5. The van der Waals surface area contributed by atoms with Crippen LogP contribution in [0.25, 0.3) is 10.9 Å². The van der Waals surface area contributed by atoms with Gasteiger partial charge in [-0.3, -0.25) is 4.79 Å². The molecule has 1 N–H and O–H groups in total. The highest BCUT2D eigenvalue weighted by Gasteiger charge is 2.00. The second-order valence-electron chi connectivity index (χ2n) is 2.80. The average molecular weight is 175 g/mol. The third kappa shape index (κ3) is 1.28. The second-order valence-corrected chi connectivity index (χ2v) is 2.80. The smallest absolute Gasteiger partial charge is 0.191 e. The molecule has 0 aliphatic rings. The normalized spacial score (nSPS) is 10.2. The number of ether oxygens (including phenoxy) is 1. The van der Waals surface area contributed by atoms with Gasteiger partial charge in [-0.15, -0.1) is 0 Å². The van der Waals surface area contributed by atoms with Gasteiger partial charge in [-0.1, -0.05) is 12.1 Å². The maximum absolute atomic E-state index is 10.5. The number of carbonyl (C=O) groups is 1. The van der Waals surface area contributed by atoms with Crippen LogP contribution < -0.4 is 4.74 Å². The van der Waals surface area contributed by atoms with E-state index in [0.29, 0.717) is 11.4 Å². The van der Waals surface area contributed by atoms with Crippen LogP contribution >= 0.6 is 0 Å². The van der Waals surface area contributed by atoms with Gasteiger partial charge < -0.3 is 9.72 Å². The molecule has 1 aromatic carbocycles. The van der Waals surface area contributed by atoms with Crippen molar-refractivity contribution in [1.82, 2.24) is 4.98 Å². The topological polar surface area (TPSA) is 42.1 Å². The molecule has 66 valence electrons. The third-order valence-corrected chi connectivity index (χ3v) is 1.98. The van der Waals surface area contributed by atoms with Crippen LogP contribution in [0.5, 0.6) is 5.88 Å². The lowest BCUT2D eigenvalue weighted by molar-refractivity contribution is 0.112. The molecule has 0 aliphatic heterocycles. The Kier molecular flexibility index (Phi) is 1.77. The van der Waals surface area contributed by atoms with Gasteiger partial charge in [-0.05, 0) is 6.07 Å². The van der Waals surface area contributed by atoms with E-state index in [1.165, 1.54) is 0 Å². The summed E-state index contributed by atoms with van der Waals surface area (Å²) < 4.78 is 5.03. The molecule has 0 saturated heterocycles. The van der Waals surface area contributed by atoms with E-state index in [4.69, 9.17) is 4.74 Å². The standard InChI is InChI=1S/C10H9NO2/c1-13-10-5-8-3-2-7(6-12)4-9(8)11-10/h2-6,11H,1H3. The number of rotatable bonds is 2. The number of benzene rings is 1. The maximum atomic E-state index is 10.5. The first-order valence-electron chi connectivity index (χ1n) is 3.95. The van der Waals surface area contributed by atoms with Crippen LogP contribution in [0.2, 0.25) is 0 Å². The summed E-state index contributed by atoms with van der Waals surface area (Å²) in [7, 11) is 1.60. The first-order chi connectivity index (χ1) is 6.33. The van der Waals surface area contributed by atoms with Gasteiger partial charge in [0.1, 0.15) is 6.29 Å². The predicted molar refractivity (Wildman–Crippen MR) is 50.2 cm³/mol. The first-order valence-corrected chi connectivity index (χ1v) is 3.95. The van der Waals surface area contributed by atoms with E-state index in [9.17, 15) is 4.79 Å². The minimum absolute atomic E-state index is 0.664. The number of carbonyl (C=O) groups excluding carboxylic acids is 1. The molecule has 0 amide bonds. The van der Waals surface area contributed by atoms with Gasteiger partial charge in [0.25, 0.3) is 0 Å². The van der Waals surface area contributed by atoms with Crippen molar-refractivity contribution in [2.45, 2.75) is 0 Å². The Balaban J connectivity index is 2.63. The Hall–Kier alpha value is -1.77. The number of hydrogen-bond acceptors (Lipinski definition) is 2. The van der Waals surface area contributed by atoms with Crippen LogP contribution in [0, 0.1) is 0 Å². The summed E-state index contributed by atoms with van der Waals surface area (Å²) >= 11 is 0. The van der Waals surface area contributed by atoms with E-state index in [2.05, 4.69) is 4.98 Å². The van der Waals surface area contributed by atoms with Crippen molar-refractivity contribution in [3.05, 3.63) is 29.8 Å². The van der Waals surface area contributed by atoms with Gasteiger partial charge in [0.2, 0.25) is 0 Å². The Morgan fingerprint density at radius 1 is 1.38 bits per heavy atom. The van der Waals surface area contributed by atoms with Crippen LogP contribution in [-0.4, -0.2) is 18.4 Å². The Morgan fingerprint density at radius 2 is 2.23 bits per heavy atom. The van der Waals surface area contributed by atoms with Crippen LogP contribution in [-0.2, 0) is 0 Å². The SMILES string of the molecule is COc1cc2ccc(C=O)cc2[nH]1. The Morgan fingerprint density at radius 3 is 2.92 bits per heavy atom. The molecule has 1 aromatic heterocycles. The fraction of sp³-hybridized carbons (Fsp3) is 0.100. The molecule has 0 saturated carbocycles. The van der Waals surface area contributed by atoms with Gasteiger partial charge in [-0.25, -0.2) is 0 Å².